The number of rotatable bonds is 3. The molecule has 0 N–H and O–H groups in total. The van der Waals surface area contributed by atoms with E-state index in [4.69, 9.17) is 0 Å². The first kappa shape index (κ1) is 15.5. The third kappa shape index (κ3) is 2.94. The van der Waals surface area contributed by atoms with Crippen molar-refractivity contribution in [2.45, 2.75) is 32.1 Å². The van der Waals surface area contributed by atoms with Gasteiger partial charge in [-0.2, -0.15) is 0 Å². The van der Waals surface area contributed by atoms with Crippen molar-refractivity contribution in [3.8, 4) is 0 Å². The molecule has 0 spiro atoms. The summed E-state index contributed by atoms with van der Waals surface area (Å²) in [5.41, 5.74) is 3.97. The van der Waals surface area contributed by atoms with E-state index in [0.29, 0.717) is 0 Å². The Bertz CT molecular complexity index is 730. The maximum atomic E-state index is 13.0. The summed E-state index contributed by atoms with van der Waals surface area (Å²) in [7, 11) is 2.00. The molecule has 2 nitrogen and oxygen atoms in total. The minimum atomic E-state index is -0.392. The molecule has 0 aliphatic heterocycles. The van der Waals surface area contributed by atoms with E-state index in [1.54, 1.807) is 0 Å². The van der Waals surface area contributed by atoms with E-state index in [-0.39, 0.29) is 5.78 Å². The number of carbonyl (C=O) groups is 1. The van der Waals surface area contributed by atoms with Crippen LogP contribution in [0.15, 0.2) is 66.4 Å². The van der Waals surface area contributed by atoms with Crippen LogP contribution in [0.1, 0.15) is 30.9 Å². The number of Topliss-reactive ketones (excluding diaryl/α,β-unsaturated/α-hetero) is 1. The zero-order valence-corrected chi connectivity index (χ0v) is 14.0. The Morgan fingerprint density at radius 1 is 1.04 bits per heavy atom. The number of carbonyl (C=O) groups excluding carboxylic acids is 1. The van der Waals surface area contributed by atoms with E-state index in [0.717, 1.165) is 29.7 Å². The van der Waals surface area contributed by atoms with E-state index in [1.807, 2.05) is 36.3 Å². The highest BCUT2D eigenvalue weighted by atomic mass is 16.1. The molecular weight excluding hydrogens is 282 g/mol. The van der Waals surface area contributed by atoms with Crippen LogP contribution >= 0.6 is 0 Å². The van der Waals surface area contributed by atoms with Gasteiger partial charge in [-0.05, 0) is 44.4 Å². The van der Waals surface area contributed by atoms with Crippen LogP contribution in [0.5, 0.6) is 0 Å². The molecule has 2 heteroatoms. The quantitative estimate of drug-likeness (QED) is 0.770. The molecule has 0 heterocycles. The Hall–Kier alpha value is -2.35. The minimum Gasteiger partial charge on any atom is -0.351 e. The zero-order chi connectivity index (χ0) is 16.4. The van der Waals surface area contributed by atoms with E-state index >= 15 is 0 Å². The molecule has 0 saturated heterocycles. The highest BCUT2D eigenvalue weighted by Gasteiger charge is 2.42. The maximum Gasteiger partial charge on any atom is 0.170 e. The van der Waals surface area contributed by atoms with Crippen LogP contribution in [-0.4, -0.2) is 12.8 Å². The summed E-state index contributed by atoms with van der Waals surface area (Å²) in [6.45, 7) is 4.14. The van der Waals surface area contributed by atoms with Crippen LogP contribution in [0.4, 0.5) is 5.69 Å². The van der Waals surface area contributed by atoms with Gasteiger partial charge in [-0.3, -0.25) is 4.79 Å². The molecule has 2 aromatic rings. The standard InChI is InChI=1S/C21H23NO/c1-16-9-11-18(12-10-16)21(2)14-13-17(20(21)23)15-22(3)19-7-5-4-6-8-19/h4-12,15H,13-14H2,1-3H3/b17-15-/t21-/m0/s1. The summed E-state index contributed by atoms with van der Waals surface area (Å²) in [6, 6.07) is 18.5. The highest BCUT2D eigenvalue weighted by molar-refractivity contribution is 6.05. The average molecular weight is 305 g/mol. The number of para-hydroxylation sites is 1. The van der Waals surface area contributed by atoms with Crippen molar-refractivity contribution in [1.29, 1.82) is 0 Å². The van der Waals surface area contributed by atoms with Gasteiger partial charge in [-0.1, -0.05) is 48.0 Å². The lowest BCUT2D eigenvalue weighted by Gasteiger charge is -2.22. The zero-order valence-electron chi connectivity index (χ0n) is 14.0. The van der Waals surface area contributed by atoms with Gasteiger partial charge in [0, 0.05) is 24.5 Å². The third-order valence-corrected chi connectivity index (χ3v) is 4.89. The van der Waals surface area contributed by atoms with Gasteiger partial charge in [0.1, 0.15) is 0 Å². The summed E-state index contributed by atoms with van der Waals surface area (Å²) >= 11 is 0. The van der Waals surface area contributed by atoms with Crippen molar-refractivity contribution in [1.82, 2.24) is 0 Å². The van der Waals surface area contributed by atoms with Crippen molar-refractivity contribution >= 4 is 11.5 Å². The SMILES string of the molecule is Cc1ccc([C@]2(C)CC/C(=C/N(C)c3ccccc3)C2=O)cc1. The average Bonchev–Trinajstić information content (AvgIpc) is 2.86. The fourth-order valence-electron chi connectivity index (χ4n) is 3.26. The Morgan fingerprint density at radius 2 is 1.70 bits per heavy atom. The molecule has 23 heavy (non-hydrogen) atoms. The van der Waals surface area contributed by atoms with Crippen molar-refractivity contribution in [2.24, 2.45) is 0 Å². The Balaban J connectivity index is 1.86. The topological polar surface area (TPSA) is 20.3 Å². The van der Waals surface area contributed by atoms with Crippen LogP contribution in [0.2, 0.25) is 0 Å². The largest absolute Gasteiger partial charge is 0.351 e. The molecule has 1 fully saturated rings. The molecule has 1 atom stereocenters. The Kier molecular flexibility index (Phi) is 4.08. The summed E-state index contributed by atoms with van der Waals surface area (Å²) < 4.78 is 0. The van der Waals surface area contributed by atoms with Gasteiger partial charge < -0.3 is 4.90 Å². The second-order valence-corrected chi connectivity index (χ2v) is 6.63. The molecule has 0 radical (unpaired) electrons. The summed E-state index contributed by atoms with van der Waals surface area (Å²) in [5.74, 6) is 0.254. The number of ketones is 1. The van der Waals surface area contributed by atoms with Gasteiger partial charge in [0.25, 0.3) is 0 Å². The van der Waals surface area contributed by atoms with Crippen LogP contribution in [0.25, 0.3) is 0 Å². The van der Waals surface area contributed by atoms with Gasteiger partial charge in [0.15, 0.2) is 5.78 Å². The molecular formula is C21H23NO. The fraction of sp³-hybridized carbons (Fsp3) is 0.286. The van der Waals surface area contributed by atoms with E-state index < -0.39 is 5.41 Å². The normalized spacial score (nSPS) is 22.6. The number of hydrogen-bond donors (Lipinski definition) is 0. The first-order valence-electron chi connectivity index (χ1n) is 8.11. The molecule has 0 amide bonds. The predicted octanol–water partition coefficient (Wildman–Crippen LogP) is 4.64. The number of benzene rings is 2. The molecule has 1 aliphatic rings. The smallest absolute Gasteiger partial charge is 0.170 e. The fourth-order valence-corrected chi connectivity index (χ4v) is 3.26. The monoisotopic (exact) mass is 305 g/mol. The third-order valence-electron chi connectivity index (χ3n) is 4.89. The molecule has 118 valence electrons. The lowest BCUT2D eigenvalue weighted by atomic mass is 9.79. The second kappa shape index (κ2) is 6.04. The van der Waals surface area contributed by atoms with Gasteiger partial charge in [0.2, 0.25) is 0 Å². The van der Waals surface area contributed by atoms with Crippen molar-refractivity contribution in [3.63, 3.8) is 0 Å². The Labute approximate surface area is 138 Å². The summed E-state index contributed by atoms with van der Waals surface area (Å²) in [5, 5.41) is 0. The molecule has 2 aromatic carbocycles. The van der Waals surface area contributed by atoms with Crippen molar-refractivity contribution in [2.75, 3.05) is 11.9 Å². The highest BCUT2D eigenvalue weighted by Crippen LogP contribution is 2.41. The number of nitrogens with zero attached hydrogens (tertiary/aromatic N) is 1. The predicted molar refractivity (Wildman–Crippen MR) is 95.7 cm³/mol. The summed E-state index contributed by atoms with van der Waals surface area (Å²) in [4.78, 5) is 15.0. The van der Waals surface area contributed by atoms with Gasteiger partial charge in [-0.25, -0.2) is 0 Å². The number of hydrogen-bond acceptors (Lipinski definition) is 2. The molecule has 0 aromatic heterocycles. The molecule has 1 saturated carbocycles. The van der Waals surface area contributed by atoms with Crippen molar-refractivity contribution in [3.05, 3.63) is 77.5 Å². The molecule has 1 aliphatic carbocycles. The Morgan fingerprint density at radius 3 is 2.35 bits per heavy atom. The molecule has 0 unspecified atom stereocenters. The first-order valence-corrected chi connectivity index (χ1v) is 8.11. The number of allylic oxidation sites excluding steroid dienone is 1. The van der Waals surface area contributed by atoms with Gasteiger partial charge >= 0.3 is 0 Å². The van der Waals surface area contributed by atoms with E-state index in [2.05, 4.69) is 50.2 Å². The van der Waals surface area contributed by atoms with Crippen LogP contribution in [0.3, 0.4) is 0 Å². The van der Waals surface area contributed by atoms with E-state index in [1.165, 1.54) is 5.56 Å². The number of aryl methyl sites for hydroxylation is 1. The molecule has 3 rings (SSSR count). The van der Waals surface area contributed by atoms with Crippen LogP contribution < -0.4 is 4.90 Å². The summed E-state index contributed by atoms with van der Waals surface area (Å²) in [6.07, 6.45) is 3.71. The molecule has 0 bridgehead atoms. The minimum absolute atomic E-state index is 0.254. The lowest BCUT2D eigenvalue weighted by molar-refractivity contribution is -0.118. The number of anilines is 1. The first-order chi connectivity index (χ1) is 11.0. The van der Waals surface area contributed by atoms with Crippen LogP contribution in [-0.2, 0) is 10.2 Å². The maximum absolute atomic E-state index is 13.0. The van der Waals surface area contributed by atoms with Gasteiger partial charge in [-0.15, -0.1) is 0 Å². The second-order valence-electron chi connectivity index (χ2n) is 6.63. The van der Waals surface area contributed by atoms with Crippen molar-refractivity contribution < 1.29 is 4.79 Å². The van der Waals surface area contributed by atoms with Crippen LogP contribution in [0, 0.1) is 6.92 Å². The van der Waals surface area contributed by atoms with Gasteiger partial charge in [0.05, 0.1) is 5.41 Å². The van der Waals surface area contributed by atoms with E-state index in [9.17, 15) is 4.79 Å². The lowest BCUT2D eigenvalue weighted by Crippen LogP contribution is -2.27.